The zero-order valence-corrected chi connectivity index (χ0v) is 21.4. The number of hydrogen-bond acceptors (Lipinski definition) is 5. The first-order valence-corrected chi connectivity index (χ1v) is 12.4. The Hall–Kier alpha value is -3.41. The number of likely N-dealkylation sites (tertiary alicyclic amines) is 1. The Morgan fingerprint density at radius 3 is 2.46 bits per heavy atom. The number of ether oxygens (including phenoxy) is 3. The second kappa shape index (κ2) is 10.9. The molecule has 0 saturated carbocycles. The van der Waals surface area contributed by atoms with Crippen molar-refractivity contribution in [2.24, 2.45) is 0 Å². The third kappa shape index (κ3) is 5.02. The van der Waals surface area contributed by atoms with Gasteiger partial charge in [-0.3, -0.25) is 4.79 Å². The van der Waals surface area contributed by atoms with E-state index in [-0.39, 0.29) is 5.91 Å². The Morgan fingerprint density at radius 1 is 1.06 bits per heavy atom. The molecule has 4 rings (SSSR count). The van der Waals surface area contributed by atoms with Crippen LogP contribution in [0.5, 0.6) is 17.2 Å². The Balaban J connectivity index is 1.84. The maximum atomic E-state index is 13.1. The largest absolute Gasteiger partial charge is 0.497 e. The highest BCUT2D eigenvalue weighted by Crippen LogP contribution is 2.43. The van der Waals surface area contributed by atoms with Crippen molar-refractivity contribution in [2.75, 3.05) is 33.9 Å². The zero-order valence-electron chi connectivity index (χ0n) is 21.4. The Kier molecular flexibility index (Phi) is 7.69. The molecule has 6 heteroatoms. The van der Waals surface area contributed by atoms with Gasteiger partial charge in [0.2, 0.25) is 5.91 Å². The van der Waals surface area contributed by atoms with Gasteiger partial charge in [-0.2, -0.15) is 0 Å². The van der Waals surface area contributed by atoms with Gasteiger partial charge in [-0.15, -0.1) is 0 Å². The van der Waals surface area contributed by atoms with Crippen LogP contribution >= 0.6 is 0 Å². The first-order chi connectivity index (χ1) is 17.0. The number of nitrogens with zero attached hydrogens (tertiary/aromatic N) is 1. The molecule has 186 valence electrons. The number of methoxy groups -OCH3 is 2. The van der Waals surface area contributed by atoms with Gasteiger partial charge < -0.3 is 23.5 Å². The second-order valence-corrected chi connectivity index (χ2v) is 8.97. The summed E-state index contributed by atoms with van der Waals surface area (Å²) in [5, 5.41) is 0.933. The van der Waals surface area contributed by atoms with Crippen LogP contribution in [0.25, 0.3) is 27.7 Å². The van der Waals surface area contributed by atoms with Crippen molar-refractivity contribution in [3.63, 3.8) is 0 Å². The zero-order chi connectivity index (χ0) is 24.9. The van der Waals surface area contributed by atoms with E-state index >= 15 is 0 Å². The summed E-state index contributed by atoms with van der Waals surface area (Å²) in [6, 6.07) is 7.77. The lowest BCUT2D eigenvalue weighted by Crippen LogP contribution is -2.30. The summed E-state index contributed by atoms with van der Waals surface area (Å²) in [5.74, 6) is 2.27. The summed E-state index contributed by atoms with van der Waals surface area (Å²) < 4.78 is 23.2. The van der Waals surface area contributed by atoms with E-state index < -0.39 is 0 Å². The molecule has 0 spiro atoms. The molecule has 1 amide bonds. The molecule has 1 saturated heterocycles. The maximum Gasteiger partial charge on any atom is 0.246 e. The molecule has 1 aliphatic heterocycles. The van der Waals surface area contributed by atoms with Gasteiger partial charge in [0.1, 0.15) is 22.8 Å². The summed E-state index contributed by atoms with van der Waals surface area (Å²) in [4.78, 5) is 15.1. The van der Waals surface area contributed by atoms with Crippen molar-refractivity contribution in [1.82, 2.24) is 4.90 Å². The van der Waals surface area contributed by atoms with E-state index in [9.17, 15) is 4.79 Å². The van der Waals surface area contributed by atoms with E-state index in [0.717, 1.165) is 82.0 Å². The summed E-state index contributed by atoms with van der Waals surface area (Å²) in [6.45, 7) is 8.09. The van der Waals surface area contributed by atoms with E-state index in [1.807, 2.05) is 43.9 Å². The van der Waals surface area contributed by atoms with Crippen LogP contribution in [0.2, 0.25) is 0 Å². The van der Waals surface area contributed by atoms with E-state index in [0.29, 0.717) is 6.61 Å². The minimum absolute atomic E-state index is 0.0616. The average molecular weight is 478 g/mol. The summed E-state index contributed by atoms with van der Waals surface area (Å²) in [6.07, 6.45) is 8.00. The fourth-order valence-corrected chi connectivity index (χ4v) is 4.82. The molecular formula is C29H35NO5. The van der Waals surface area contributed by atoms with Gasteiger partial charge in [0.15, 0.2) is 0 Å². The molecule has 1 aliphatic rings. The van der Waals surface area contributed by atoms with Crippen molar-refractivity contribution < 1.29 is 23.4 Å². The molecule has 35 heavy (non-hydrogen) atoms. The number of amides is 1. The first kappa shape index (κ1) is 24.7. The number of allylic oxidation sites excluding steroid dienone is 1. The lowest BCUT2D eigenvalue weighted by Gasteiger charge is -2.19. The summed E-state index contributed by atoms with van der Waals surface area (Å²) in [5.41, 5.74) is 5.20. The van der Waals surface area contributed by atoms with Crippen molar-refractivity contribution in [2.45, 2.75) is 46.5 Å². The monoisotopic (exact) mass is 477 g/mol. The average Bonchev–Trinajstić information content (AvgIpc) is 3.10. The van der Waals surface area contributed by atoms with Crippen molar-refractivity contribution in [1.29, 1.82) is 0 Å². The van der Waals surface area contributed by atoms with Gasteiger partial charge >= 0.3 is 0 Å². The van der Waals surface area contributed by atoms with E-state index in [1.54, 1.807) is 26.6 Å². The van der Waals surface area contributed by atoms with Crippen LogP contribution in [0.3, 0.4) is 0 Å². The maximum absolute atomic E-state index is 13.1. The third-order valence-electron chi connectivity index (χ3n) is 6.71. The molecule has 0 bridgehead atoms. The first-order valence-electron chi connectivity index (χ1n) is 12.4. The van der Waals surface area contributed by atoms with Crippen molar-refractivity contribution >= 4 is 22.4 Å². The highest BCUT2D eigenvalue weighted by molar-refractivity contribution is 6.02. The molecule has 3 aromatic rings. The number of hydrogen-bond donors (Lipinski definition) is 0. The van der Waals surface area contributed by atoms with Crippen molar-refractivity contribution in [3.8, 4) is 28.4 Å². The Bertz CT molecular complexity index is 1230. The van der Waals surface area contributed by atoms with Crippen LogP contribution in [0, 0.1) is 6.92 Å². The highest BCUT2D eigenvalue weighted by Gasteiger charge is 2.22. The molecule has 6 nitrogen and oxygen atoms in total. The summed E-state index contributed by atoms with van der Waals surface area (Å²) in [7, 11) is 3.30. The Morgan fingerprint density at radius 2 is 1.80 bits per heavy atom. The topological polar surface area (TPSA) is 61.1 Å². The van der Waals surface area contributed by atoms with E-state index in [2.05, 4.69) is 6.07 Å². The van der Waals surface area contributed by atoms with Crippen LogP contribution in [-0.4, -0.2) is 44.7 Å². The third-order valence-corrected chi connectivity index (χ3v) is 6.71. The minimum atomic E-state index is 0.0616. The number of carbonyl (C=O) groups is 1. The van der Waals surface area contributed by atoms with Crippen LogP contribution in [-0.2, 0) is 4.79 Å². The fraction of sp³-hybridized carbons (Fsp3) is 0.414. The van der Waals surface area contributed by atoms with E-state index in [1.165, 1.54) is 12.8 Å². The quantitative estimate of drug-likeness (QED) is 0.358. The number of benzene rings is 2. The Labute approximate surface area is 207 Å². The van der Waals surface area contributed by atoms with Gasteiger partial charge in [-0.1, -0.05) is 12.8 Å². The van der Waals surface area contributed by atoms with Gasteiger partial charge in [0.25, 0.3) is 0 Å². The molecular weight excluding hydrogens is 442 g/mol. The summed E-state index contributed by atoms with van der Waals surface area (Å²) >= 11 is 0. The number of furan rings is 1. The fourth-order valence-electron chi connectivity index (χ4n) is 4.82. The van der Waals surface area contributed by atoms with Crippen LogP contribution in [0.15, 0.2) is 41.0 Å². The molecule has 1 aromatic heterocycles. The lowest BCUT2D eigenvalue weighted by molar-refractivity contribution is -0.125. The number of rotatable bonds is 7. The molecule has 1 fully saturated rings. The minimum Gasteiger partial charge on any atom is -0.497 e. The molecule has 0 aliphatic carbocycles. The van der Waals surface area contributed by atoms with Gasteiger partial charge in [-0.05, 0) is 63.5 Å². The highest BCUT2D eigenvalue weighted by atomic mass is 16.5. The number of aryl methyl sites for hydroxylation is 1. The standard InChI is InChI=1S/C29H35NO5/c1-6-34-28-20(3)29-24(25(18-35-29)23-16-21(32-4)11-12-26(23)33-5)17-22(28)19(2)15-27(31)30-13-9-7-8-10-14-30/h11-12,15-18H,6-10,13-14H2,1-5H3/b19-15+. The molecule has 2 aromatic carbocycles. The van der Waals surface area contributed by atoms with Crippen LogP contribution in [0.4, 0.5) is 0 Å². The molecule has 0 unspecified atom stereocenters. The SMILES string of the molecule is CCOc1c(/C(C)=C/C(=O)N2CCCCCC2)cc2c(-c3cc(OC)ccc3OC)coc2c1C. The number of carbonyl (C=O) groups excluding carboxylic acids is 1. The lowest BCUT2D eigenvalue weighted by atomic mass is 9.96. The van der Waals surface area contributed by atoms with Gasteiger partial charge in [0.05, 0.1) is 27.1 Å². The molecule has 0 atom stereocenters. The van der Waals surface area contributed by atoms with Crippen molar-refractivity contribution in [3.05, 3.63) is 47.7 Å². The molecule has 0 radical (unpaired) electrons. The van der Waals surface area contributed by atoms with Gasteiger partial charge in [-0.25, -0.2) is 0 Å². The molecule has 0 N–H and O–H groups in total. The van der Waals surface area contributed by atoms with Crippen LogP contribution in [0.1, 0.15) is 50.7 Å². The smallest absolute Gasteiger partial charge is 0.246 e. The predicted molar refractivity (Wildman–Crippen MR) is 139 cm³/mol. The molecule has 2 heterocycles. The predicted octanol–water partition coefficient (Wildman–Crippen LogP) is 6.63. The second-order valence-electron chi connectivity index (χ2n) is 8.97. The van der Waals surface area contributed by atoms with E-state index in [4.69, 9.17) is 18.6 Å². The van der Waals surface area contributed by atoms with Gasteiger partial charge in [0, 0.05) is 46.8 Å². The van der Waals surface area contributed by atoms with Crippen LogP contribution < -0.4 is 14.2 Å². The normalized spacial score (nSPS) is 14.7. The number of fused-ring (bicyclic) bond motifs is 1.